The zero-order valence-corrected chi connectivity index (χ0v) is 13.7. The van der Waals surface area contributed by atoms with E-state index < -0.39 is 4.90 Å². The van der Waals surface area contributed by atoms with E-state index in [2.05, 4.69) is 24.8 Å². The van der Waals surface area contributed by atoms with E-state index in [0.29, 0.717) is 0 Å². The van der Waals surface area contributed by atoms with Crippen LogP contribution < -0.4 is 0 Å². The van der Waals surface area contributed by atoms with Crippen LogP contribution in [0, 0.1) is 0 Å². The molecule has 0 bridgehead atoms. The van der Waals surface area contributed by atoms with Crippen LogP contribution in [0.4, 0.5) is 0 Å². The van der Waals surface area contributed by atoms with Crippen LogP contribution in [0.5, 0.6) is 0 Å². The second kappa shape index (κ2) is 8.32. The molecule has 0 aromatic heterocycles. The van der Waals surface area contributed by atoms with Gasteiger partial charge in [-0.25, -0.2) is 0 Å². The molecule has 0 aliphatic carbocycles. The maximum Gasteiger partial charge on any atom is 0.174 e. The fraction of sp³-hybridized carbons (Fsp3) is 0.500. The van der Waals surface area contributed by atoms with Crippen LogP contribution in [0.3, 0.4) is 0 Å². The third-order valence-corrected chi connectivity index (χ3v) is 5.66. The van der Waals surface area contributed by atoms with E-state index in [1.54, 1.807) is 18.7 Å². The molecule has 1 rings (SSSR count). The molecule has 0 spiro atoms. The second-order valence-corrected chi connectivity index (χ2v) is 8.58. The normalized spacial score (nSPS) is 14.8. The third-order valence-electron chi connectivity index (χ3n) is 2.54. The minimum absolute atomic E-state index is 0.0335. The Hall–Kier alpha value is 0.120. The first-order valence-electron chi connectivity index (χ1n) is 5.70. The zero-order valence-electron chi connectivity index (χ0n) is 10.2. The van der Waals surface area contributed by atoms with Crippen molar-refractivity contribution >= 4 is 41.3 Å². The van der Waals surface area contributed by atoms with Gasteiger partial charge in [0.05, 0.1) is 0 Å². The van der Waals surface area contributed by atoms with Crippen molar-refractivity contribution in [2.24, 2.45) is 0 Å². The Kier molecular flexibility index (Phi) is 7.48. The van der Waals surface area contributed by atoms with E-state index >= 15 is 0 Å². The lowest BCUT2D eigenvalue weighted by atomic mass is 10.2. The van der Waals surface area contributed by atoms with Gasteiger partial charge in [-0.05, 0) is 49.8 Å². The summed E-state index contributed by atoms with van der Waals surface area (Å²) >= 11 is 6.04. The molecule has 0 aliphatic rings. The standard InChI is InChI=1S/C12H16O2P2S2/c1-12(15-13,16-14)8-2-3-9-18-11-6-4-10(17)5-7-11/h4-7,17H,2-3,8-9H2,1H3. The molecule has 0 fully saturated rings. The van der Waals surface area contributed by atoms with Gasteiger partial charge in [0.15, 0.2) is 16.9 Å². The predicted molar refractivity (Wildman–Crippen MR) is 81.9 cm³/mol. The molecule has 18 heavy (non-hydrogen) atoms. The largest absolute Gasteiger partial charge is 0.274 e. The lowest BCUT2D eigenvalue weighted by molar-refractivity contribution is 0.557. The van der Waals surface area contributed by atoms with Crippen molar-refractivity contribution in [1.29, 1.82) is 0 Å². The SMILES string of the molecule is CC(CCCCSc1ccc(S)cc1)(P=O)P=O. The van der Waals surface area contributed by atoms with Crippen molar-refractivity contribution < 1.29 is 9.13 Å². The van der Waals surface area contributed by atoms with Crippen LogP contribution in [0.2, 0.25) is 0 Å². The molecular weight excluding hydrogens is 302 g/mol. The molecule has 0 saturated heterocycles. The van der Waals surface area contributed by atoms with Gasteiger partial charge < -0.3 is 0 Å². The summed E-state index contributed by atoms with van der Waals surface area (Å²) in [6.45, 7) is 1.77. The summed E-state index contributed by atoms with van der Waals surface area (Å²) in [5.41, 5.74) is 0. The van der Waals surface area contributed by atoms with Gasteiger partial charge in [-0.1, -0.05) is 6.42 Å². The van der Waals surface area contributed by atoms with Gasteiger partial charge >= 0.3 is 0 Å². The summed E-state index contributed by atoms with van der Waals surface area (Å²) < 4.78 is 21.7. The molecule has 0 N–H and O–H groups in total. The van der Waals surface area contributed by atoms with E-state index in [1.165, 1.54) is 4.90 Å². The lowest BCUT2D eigenvalue weighted by Crippen LogP contribution is -2.06. The molecule has 0 heterocycles. The molecule has 0 amide bonds. The number of thioether (sulfide) groups is 1. The van der Waals surface area contributed by atoms with Crippen LogP contribution in [0.15, 0.2) is 34.1 Å². The van der Waals surface area contributed by atoms with Gasteiger partial charge in [0.1, 0.15) is 4.90 Å². The maximum atomic E-state index is 10.9. The minimum atomic E-state index is -0.599. The first kappa shape index (κ1) is 16.2. The second-order valence-electron chi connectivity index (χ2n) is 4.20. The predicted octanol–water partition coefficient (Wildman–Crippen LogP) is 5.54. The van der Waals surface area contributed by atoms with Crippen molar-refractivity contribution in [3.05, 3.63) is 24.3 Å². The van der Waals surface area contributed by atoms with Gasteiger partial charge in [-0.2, -0.15) is 0 Å². The zero-order chi connectivity index (χ0) is 13.4. The Labute approximate surface area is 121 Å². The Morgan fingerprint density at radius 3 is 2.33 bits per heavy atom. The summed E-state index contributed by atoms with van der Waals surface area (Å²) in [4.78, 5) is 1.61. The van der Waals surface area contributed by atoms with Crippen LogP contribution in [0.25, 0.3) is 0 Å². The molecule has 0 radical (unpaired) electrons. The number of unbranched alkanes of at least 4 members (excludes halogenated alkanes) is 1. The molecule has 1 aromatic rings. The highest BCUT2D eigenvalue weighted by molar-refractivity contribution is 7.99. The highest BCUT2D eigenvalue weighted by atomic mass is 32.2. The number of hydrogen-bond acceptors (Lipinski definition) is 4. The quantitative estimate of drug-likeness (QED) is 0.296. The molecule has 0 aliphatic heterocycles. The number of thiol groups is 1. The average Bonchev–Trinajstić information content (AvgIpc) is 2.40. The molecule has 0 saturated carbocycles. The summed E-state index contributed by atoms with van der Waals surface area (Å²) in [7, 11) is -0.0669. The van der Waals surface area contributed by atoms with Gasteiger partial charge in [0, 0.05) is 9.79 Å². The third kappa shape index (κ3) is 5.84. The molecule has 0 unspecified atom stereocenters. The van der Waals surface area contributed by atoms with Crippen LogP contribution in [0.1, 0.15) is 26.2 Å². The molecule has 0 atom stereocenters. The van der Waals surface area contributed by atoms with E-state index in [-0.39, 0.29) is 16.9 Å². The smallest absolute Gasteiger partial charge is 0.174 e. The topological polar surface area (TPSA) is 34.1 Å². The van der Waals surface area contributed by atoms with Crippen LogP contribution in [-0.2, 0) is 9.13 Å². The van der Waals surface area contributed by atoms with Gasteiger partial charge in [0.25, 0.3) is 0 Å². The molecular formula is C12H16O2P2S2. The van der Waals surface area contributed by atoms with E-state index in [1.807, 2.05) is 12.1 Å². The molecule has 1 aromatic carbocycles. The Morgan fingerprint density at radius 2 is 1.78 bits per heavy atom. The van der Waals surface area contributed by atoms with Crippen molar-refractivity contribution in [3.8, 4) is 0 Å². The van der Waals surface area contributed by atoms with Crippen molar-refractivity contribution in [2.75, 3.05) is 5.75 Å². The number of benzene rings is 1. The van der Waals surface area contributed by atoms with Crippen molar-refractivity contribution in [2.45, 2.75) is 40.9 Å². The number of hydrogen-bond donors (Lipinski definition) is 1. The van der Waals surface area contributed by atoms with E-state index in [9.17, 15) is 9.13 Å². The van der Waals surface area contributed by atoms with Crippen molar-refractivity contribution in [1.82, 2.24) is 0 Å². The lowest BCUT2D eigenvalue weighted by Gasteiger charge is -2.11. The maximum absolute atomic E-state index is 10.9. The molecule has 98 valence electrons. The van der Waals surface area contributed by atoms with Crippen LogP contribution >= 0.6 is 41.3 Å². The number of rotatable bonds is 8. The highest BCUT2D eigenvalue weighted by Crippen LogP contribution is 2.39. The Bertz CT molecular complexity index is 388. The summed E-state index contributed by atoms with van der Waals surface area (Å²) in [5.74, 6) is 1.02. The van der Waals surface area contributed by atoms with Gasteiger partial charge in [-0.15, -0.1) is 24.4 Å². The summed E-state index contributed by atoms with van der Waals surface area (Å²) in [6.07, 6.45) is 2.70. The average molecular weight is 318 g/mol. The van der Waals surface area contributed by atoms with Gasteiger partial charge in [0.2, 0.25) is 0 Å². The fourth-order valence-electron chi connectivity index (χ4n) is 1.40. The fourth-order valence-corrected chi connectivity index (χ4v) is 3.10. The molecule has 2 nitrogen and oxygen atoms in total. The minimum Gasteiger partial charge on any atom is -0.274 e. The Morgan fingerprint density at radius 1 is 1.17 bits per heavy atom. The van der Waals surface area contributed by atoms with E-state index in [4.69, 9.17) is 0 Å². The first-order valence-corrected chi connectivity index (χ1v) is 8.76. The van der Waals surface area contributed by atoms with Crippen LogP contribution in [-0.4, -0.2) is 10.7 Å². The first-order chi connectivity index (χ1) is 8.59. The Balaban J connectivity index is 2.21. The van der Waals surface area contributed by atoms with Crippen molar-refractivity contribution in [3.63, 3.8) is 0 Å². The molecule has 6 heteroatoms. The van der Waals surface area contributed by atoms with E-state index in [0.717, 1.165) is 29.9 Å². The van der Waals surface area contributed by atoms with Gasteiger partial charge in [-0.3, -0.25) is 9.13 Å². The monoisotopic (exact) mass is 318 g/mol. The summed E-state index contributed by atoms with van der Waals surface area (Å²) in [5, 5.41) is 0. The summed E-state index contributed by atoms with van der Waals surface area (Å²) in [6, 6.07) is 8.08. The highest BCUT2D eigenvalue weighted by Gasteiger charge is 2.24.